The van der Waals surface area contributed by atoms with E-state index in [4.69, 9.17) is 0 Å². The van der Waals surface area contributed by atoms with Crippen LogP contribution in [0.2, 0.25) is 0 Å². The first-order chi connectivity index (χ1) is 7.30. The molecule has 0 spiro atoms. The zero-order valence-corrected chi connectivity index (χ0v) is 9.02. The summed E-state index contributed by atoms with van der Waals surface area (Å²) in [5, 5.41) is 10.5. The summed E-state index contributed by atoms with van der Waals surface area (Å²) in [6.45, 7) is 0. The lowest BCUT2D eigenvalue weighted by Crippen LogP contribution is -2.27. The first kappa shape index (κ1) is 9.41. The fourth-order valence-corrected chi connectivity index (χ4v) is 3.22. The molecule has 2 aliphatic carbocycles. The van der Waals surface area contributed by atoms with Crippen molar-refractivity contribution in [2.24, 2.45) is 5.92 Å². The van der Waals surface area contributed by atoms with E-state index >= 15 is 0 Å². The van der Waals surface area contributed by atoms with Crippen molar-refractivity contribution in [3.05, 3.63) is 35.9 Å². The summed E-state index contributed by atoms with van der Waals surface area (Å²) in [5.74, 6) is 1.18. The smallest absolute Gasteiger partial charge is 0.0681 e. The highest BCUT2D eigenvalue weighted by molar-refractivity contribution is 5.28. The van der Waals surface area contributed by atoms with Crippen LogP contribution in [-0.2, 0) is 0 Å². The Balaban J connectivity index is 1.74. The molecule has 1 heteroatoms. The van der Waals surface area contributed by atoms with Crippen LogP contribution in [0.1, 0.15) is 43.6 Å². The summed E-state index contributed by atoms with van der Waals surface area (Å²) < 4.78 is 0. The zero-order chi connectivity index (χ0) is 10.3. The summed E-state index contributed by atoms with van der Waals surface area (Å²) in [7, 11) is 0. The molecular weight excluding hydrogens is 184 g/mol. The Morgan fingerprint density at radius 1 is 1.07 bits per heavy atom. The average molecular weight is 202 g/mol. The molecule has 0 radical (unpaired) electrons. The zero-order valence-electron chi connectivity index (χ0n) is 9.02. The normalized spacial score (nSPS) is 32.9. The molecule has 80 valence electrons. The second kappa shape index (κ2) is 3.34. The molecule has 0 saturated heterocycles. The Labute approximate surface area is 91.1 Å². The summed E-state index contributed by atoms with van der Waals surface area (Å²) in [6.07, 6.45) is 5.69. The van der Waals surface area contributed by atoms with Gasteiger partial charge in [-0.2, -0.15) is 0 Å². The predicted octanol–water partition coefficient (Wildman–Crippen LogP) is 3.10. The number of benzene rings is 1. The second-order valence-corrected chi connectivity index (χ2v) is 5.17. The lowest BCUT2D eigenvalue weighted by Gasteiger charge is -2.22. The molecule has 3 rings (SSSR count). The third-order valence-electron chi connectivity index (χ3n) is 4.18. The highest BCUT2D eigenvalue weighted by Crippen LogP contribution is 2.57. The minimum atomic E-state index is -0.319. The van der Waals surface area contributed by atoms with Gasteiger partial charge < -0.3 is 5.11 Å². The van der Waals surface area contributed by atoms with Crippen LogP contribution in [0.3, 0.4) is 0 Å². The van der Waals surface area contributed by atoms with E-state index in [0.717, 1.165) is 12.8 Å². The van der Waals surface area contributed by atoms with Gasteiger partial charge >= 0.3 is 0 Å². The first-order valence-corrected chi connectivity index (χ1v) is 6.07. The molecule has 1 N–H and O–H groups in total. The van der Waals surface area contributed by atoms with Crippen LogP contribution >= 0.6 is 0 Å². The SMILES string of the molecule is OC1(C2CC2c2ccccc2)CCCC1. The Kier molecular flexibility index (Phi) is 2.10. The van der Waals surface area contributed by atoms with Gasteiger partial charge in [-0.3, -0.25) is 0 Å². The quantitative estimate of drug-likeness (QED) is 0.781. The van der Waals surface area contributed by atoms with Crippen molar-refractivity contribution in [3.8, 4) is 0 Å². The highest BCUT2D eigenvalue weighted by atomic mass is 16.3. The summed E-state index contributed by atoms with van der Waals surface area (Å²) in [6, 6.07) is 10.7. The van der Waals surface area contributed by atoms with Gasteiger partial charge in [-0.1, -0.05) is 43.2 Å². The molecule has 0 heterocycles. The van der Waals surface area contributed by atoms with Gasteiger partial charge in [-0.05, 0) is 36.7 Å². The van der Waals surface area contributed by atoms with E-state index in [1.165, 1.54) is 24.8 Å². The monoisotopic (exact) mass is 202 g/mol. The highest BCUT2D eigenvalue weighted by Gasteiger charge is 2.52. The van der Waals surface area contributed by atoms with Crippen molar-refractivity contribution >= 4 is 0 Å². The van der Waals surface area contributed by atoms with Crippen LogP contribution in [0.25, 0.3) is 0 Å². The molecular formula is C14H18O. The van der Waals surface area contributed by atoms with E-state index in [0.29, 0.717) is 11.8 Å². The maximum Gasteiger partial charge on any atom is 0.0681 e. The first-order valence-electron chi connectivity index (χ1n) is 6.07. The number of aliphatic hydroxyl groups is 1. The predicted molar refractivity (Wildman–Crippen MR) is 60.7 cm³/mol. The molecule has 2 atom stereocenters. The van der Waals surface area contributed by atoms with Crippen molar-refractivity contribution in [2.75, 3.05) is 0 Å². The number of rotatable bonds is 2. The molecule has 2 fully saturated rings. The summed E-state index contributed by atoms with van der Waals surface area (Å²) in [5.41, 5.74) is 1.10. The van der Waals surface area contributed by atoms with Gasteiger partial charge in [0.05, 0.1) is 5.60 Å². The molecule has 2 saturated carbocycles. The van der Waals surface area contributed by atoms with E-state index in [1.54, 1.807) is 0 Å². The summed E-state index contributed by atoms with van der Waals surface area (Å²) in [4.78, 5) is 0. The molecule has 2 aliphatic rings. The number of hydrogen-bond acceptors (Lipinski definition) is 1. The Hall–Kier alpha value is -0.820. The van der Waals surface area contributed by atoms with Crippen LogP contribution < -0.4 is 0 Å². The van der Waals surface area contributed by atoms with E-state index in [1.807, 2.05) is 0 Å². The molecule has 0 amide bonds. The molecule has 0 aliphatic heterocycles. The molecule has 0 aromatic heterocycles. The van der Waals surface area contributed by atoms with Crippen molar-refractivity contribution in [1.29, 1.82) is 0 Å². The van der Waals surface area contributed by atoms with Crippen LogP contribution in [0, 0.1) is 5.92 Å². The Bertz CT molecular complexity index is 338. The van der Waals surface area contributed by atoms with Gasteiger partial charge in [-0.25, -0.2) is 0 Å². The van der Waals surface area contributed by atoms with Crippen LogP contribution in [-0.4, -0.2) is 10.7 Å². The third-order valence-corrected chi connectivity index (χ3v) is 4.18. The molecule has 15 heavy (non-hydrogen) atoms. The summed E-state index contributed by atoms with van der Waals surface area (Å²) >= 11 is 0. The van der Waals surface area contributed by atoms with Crippen molar-refractivity contribution < 1.29 is 5.11 Å². The Morgan fingerprint density at radius 2 is 1.73 bits per heavy atom. The largest absolute Gasteiger partial charge is 0.390 e. The van der Waals surface area contributed by atoms with E-state index in [-0.39, 0.29) is 5.60 Å². The lowest BCUT2D eigenvalue weighted by molar-refractivity contribution is 0.0227. The topological polar surface area (TPSA) is 20.2 Å². The van der Waals surface area contributed by atoms with E-state index in [2.05, 4.69) is 30.3 Å². The van der Waals surface area contributed by atoms with Gasteiger partial charge in [0.2, 0.25) is 0 Å². The molecule has 0 bridgehead atoms. The molecule has 2 unspecified atom stereocenters. The number of hydrogen-bond donors (Lipinski definition) is 1. The molecule has 1 nitrogen and oxygen atoms in total. The fourth-order valence-electron chi connectivity index (χ4n) is 3.22. The van der Waals surface area contributed by atoms with E-state index in [9.17, 15) is 5.11 Å². The van der Waals surface area contributed by atoms with Crippen molar-refractivity contribution in [3.63, 3.8) is 0 Å². The molecule has 1 aromatic rings. The lowest BCUT2D eigenvalue weighted by atomic mass is 9.93. The van der Waals surface area contributed by atoms with E-state index < -0.39 is 0 Å². The fraction of sp³-hybridized carbons (Fsp3) is 0.571. The third kappa shape index (κ3) is 1.59. The van der Waals surface area contributed by atoms with Gasteiger partial charge in [0.1, 0.15) is 0 Å². The molecule has 1 aromatic carbocycles. The van der Waals surface area contributed by atoms with Gasteiger partial charge in [-0.15, -0.1) is 0 Å². The standard InChI is InChI=1S/C14H18O/c15-14(8-4-5-9-14)13-10-12(13)11-6-2-1-3-7-11/h1-3,6-7,12-13,15H,4-5,8-10H2. The van der Waals surface area contributed by atoms with Crippen LogP contribution in [0.15, 0.2) is 30.3 Å². The minimum absolute atomic E-state index is 0.319. The second-order valence-electron chi connectivity index (χ2n) is 5.17. The average Bonchev–Trinajstić information content (AvgIpc) is 2.98. The van der Waals surface area contributed by atoms with Gasteiger partial charge in [0.25, 0.3) is 0 Å². The van der Waals surface area contributed by atoms with Crippen LogP contribution in [0.4, 0.5) is 0 Å². The minimum Gasteiger partial charge on any atom is -0.390 e. The van der Waals surface area contributed by atoms with Crippen molar-refractivity contribution in [2.45, 2.75) is 43.6 Å². The van der Waals surface area contributed by atoms with Gasteiger partial charge in [0, 0.05) is 0 Å². The Morgan fingerprint density at radius 3 is 2.40 bits per heavy atom. The van der Waals surface area contributed by atoms with Crippen molar-refractivity contribution in [1.82, 2.24) is 0 Å². The maximum atomic E-state index is 10.5. The van der Waals surface area contributed by atoms with Crippen LogP contribution in [0.5, 0.6) is 0 Å². The maximum absolute atomic E-state index is 10.5. The van der Waals surface area contributed by atoms with Gasteiger partial charge in [0.15, 0.2) is 0 Å².